The number of benzene rings is 2. The predicted molar refractivity (Wildman–Crippen MR) is 106 cm³/mol. The van der Waals surface area contributed by atoms with E-state index in [2.05, 4.69) is 4.18 Å². The summed E-state index contributed by atoms with van der Waals surface area (Å²) in [5.74, 6) is -0.441. The Labute approximate surface area is 182 Å². The number of carbonyl (C=O) groups excluding carboxylic acids is 1. The topological polar surface area (TPSA) is 96.7 Å². The monoisotopic (exact) mass is 466 g/mol. The Hall–Kier alpha value is -3.52. The second kappa shape index (κ2) is 9.32. The molecule has 1 aliphatic rings. The molecule has 1 unspecified atom stereocenters. The van der Waals surface area contributed by atoms with Gasteiger partial charge in [0.25, 0.3) is 0 Å². The molecule has 11 heteroatoms. The van der Waals surface area contributed by atoms with Crippen molar-refractivity contribution in [3.8, 4) is 6.07 Å². The van der Waals surface area contributed by atoms with E-state index in [1.54, 1.807) is 30.3 Å². The Morgan fingerprint density at radius 3 is 2.38 bits per heavy atom. The molecule has 0 aromatic heterocycles. The molecule has 2 aromatic carbocycles. The zero-order valence-electron chi connectivity index (χ0n) is 16.4. The average molecular weight is 466 g/mol. The first-order valence-electron chi connectivity index (χ1n) is 9.29. The molecule has 1 heterocycles. The molecule has 7 nitrogen and oxygen atoms in total. The number of nitrogens with zero attached hydrogens (tertiary/aromatic N) is 2. The van der Waals surface area contributed by atoms with E-state index in [0.717, 1.165) is 11.6 Å². The summed E-state index contributed by atoms with van der Waals surface area (Å²) in [7, 11) is -5.84. The van der Waals surface area contributed by atoms with Gasteiger partial charge in [0.05, 0.1) is 17.7 Å². The van der Waals surface area contributed by atoms with Crippen molar-refractivity contribution in [3.63, 3.8) is 0 Å². The summed E-state index contributed by atoms with van der Waals surface area (Å²) in [5.41, 5.74) is -4.07. The van der Waals surface area contributed by atoms with Gasteiger partial charge in [-0.15, -0.1) is 0 Å². The lowest BCUT2D eigenvalue weighted by Gasteiger charge is -2.33. The van der Waals surface area contributed by atoms with Crippen LogP contribution in [-0.2, 0) is 25.6 Å². The highest BCUT2D eigenvalue weighted by atomic mass is 32.2. The Kier molecular flexibility index (Phi) is 6.74. The zero-order chi connectivity index (χ0) is 23.4. The number of hydrogen-bond acceptors (Lipinski definition) is 6. The van der Waals surface area contributed by atoms with E-state index in [1.807, 2.05) is 6.07 Å². The fraction of sp³-hybridized carbons (Fsp3) is 0.238. The summed E-state index contributed by atoms with van der Waals surface area (Å²) < 4.78 is 70.5. The Bertz CT molecular complexity index is 1140. The normalized spacial score (nSPS) is 16.6. The van der Waals surface area contributed by atoms with E-state index in [4.69, 9.17) is 10.00 Å². The third-order valence-electron chi connectivity index (χ3n) is 4.60. The zero-order valence-corrected chi connectivity index (χ0v) is 17.3. The van der Waals surface area contributed by atoms with Gasteiger partial charge in [0.2, 0.25) is 0 Å². The molecule has 0 N–H and O–H groups in total. The smallest absolute Gasteiger partial charge is 0.445 e. The van der Waals surface area contributed by atoms with Gasteiger partial charge in [0.15, 0.2) is 0 Å². The second-order valence-electron chi connectivity index (χ2n) is 6.78. The van der Waals surface area contributed by atoms with Crippen LogP contribution in [0.25, 0.3) is 0 Å². The number of hydrogen-bond donors (Lipinski definition) is 0. The number of carbonyl (C=O) groups is 1. The van der Waals surface area contributed by atoms with E-state index >= 15 is 0 Å². The second-order valence-corrected chi connectivity index (χ2v) is 8.32. The maximum atomic E-state index is 12.7. The molecule has 0 radical (unpaired) electrons. The summed E-state index contributed by atoms with van der Waals surface area (Å²) in [4.78, 5) is 14.0. The number of rotatable bonds is 5. The highest BCUT2D eigenvalue weighted by molar-refractivity contribution is 7.87. The molecular formula is C21H17F3N2O5S. The average Bonchev–Trinajstić information content (AvgIpc) is 2.77. The Morgan fingerprint density at radius 1 is 1.12 bits per heavy atom. The number of nitriles is 1. The molecule has 0 spiro atoms. The van der Waals surface area contributed by atoms with Crippen molar-refractivity contribution in [1.29, 1.82) is 5.26 Å². The minimum Gasteiger partial charge on any atom is -0.445 e. The van der Waals surface area contributed by atoms with Gasteiger partial charge in [-0.3, -0.25) is 4.90 Å². The van der Waals surface area contributed by atoms with Crippen molar-refractivity contribution in [1.82, 2.24) is 4.90 Å². The lowest BCUT2D eigenvalue weighted by Crippen LogP contribution is -2.39. The Balaban J connectivity index is 1.86. The highest BCUT2D eigenvalue weighted by Gasteiger charge is 2.49. The molecule has 1 aliphatic heterocycles. The molecule has 0 fully saturated rings. The maximum absolute atomic E-state index is 12.7. The summed E-state index contributed by atoms with van der Waals surface area (Å²) in [6.07, 6.45) is 0.123. The lowest BCUT2D eigenvalue weighted by molar-refractivity contribution is -0.0526. The first-order chi connectivity index (χ1) is 15.1. The van der Waals surface area contributed by atoms with Crippen LogP contribution in [0.5, 0.6) is 0 Å². The van der Waals surface area contributed by atoms with Crippen LogP contribution in [0.2, 0.25) is 0 Å². The fourth-order valence-electron chi connectivity index (χ4n) is 3.01. The van der Waals surface area contributed by atoms with Crippen LogP contribution in [0.1, 0.15) is 29.2 Å². The van der Waals surface area contributed by atoms with Gasteiger partial charge in [-0.1, -0.05) is 42.5 Å². The molecule has 1 atom stereocenters. The van der Waals surface area contributed by atoms with Crippen LogP contribution >= 0.6 is 0 Å². The number of ether oxygens (including phenoxy) is 1. The van der Waals surface area contributed by atoms with Crippen LogP contribution in [-0.4, -0.2) is 31.5 Å². The van der Waals surface area contributed by atoms with Crippen molar-refractivity contribution < 1.29 is 35.3 Å². The quantitative estimate of drug-likeness (QED) is 0.479. The predicted octanol–water partition coefficient (Wildman–Crippen LogP) is 4.39. The SMILES string of the molecule is N#Cc1ccc(C2C=C(OS(=O)(=O)C(F)(F)F)CCN2C(=O)OCc2ccccc2)cc1. The molecule has 0 bridgehead atoms. The minimum absolute atomic E-state index is 0.0220. The summed E-state index contributed by atoms with van der Waals surface area (Å²) in [6.45, 7) is -0.163. The van der Waals surface area contributed by atoms with Gasteiger partial charge in [-0.05, 0) is 29.3 Å². The van der Waals surface area contributed by atoms with Crippen molar-refractivity contribution in [2.75, 3.05) is 6.54 Å². The molecular weight excluding hydrogens is 449 g/mol. The van der Waals surface area contributed by atoms with Crippen LogP contribution in [0.3, 0.4) is 0 Å². The van der Waals surface area contributed by atoms with Crippen molar-refractivity contribution >= 4 is 16.2 Å². The highest BCUT2D eigenvalue weighted by Crippen LogP contribution is 2.34. The van der Waals surface area contributed by atoms with Gasteiger partial charge in [0.1, 0.15) is 12.4 Å². The molecule has 32 heavy (non-hydrogen) atoms. The van der Waals surface area contributed by atoms with Crippen LogP contribution in [0.4, 0.5) is 18.0 Å². The van der Waals surface area contributed by atoms with Crippen molar-refractivity contribution in [2.24, 2.45) is 0 Å². The van der Waals surface area contributed by atoms with E-state index in [1.165, 1.54) is 29.2 Å². The fourth-order valence-corrected chi connectivity index (χ4v) is 3.53. The molecule has 2 aromatic rings. The molecule has 3 rings (SSSR count). The summed E-state index contributed by atoms with van der Waals surface area (Å²) in [6, 6.07) is 15.8. The third-order valence-corrected chi connectivity index (χ3v) is 5.60. The Morgan fingerprint density at radius 2 is 1.78 bits per heavy atom. The minimum atomic E-state index is -5.84. The number of amides is 1. The van der Waals surface area contributed by atoms with Crippen molar-refractivity contribution in [3.05, 3.63) is 83.1 Å². The van der Waals surface area contributed by atoms with E-state index in [9.17, 15) is 26.4 Å². The molecule has 168 valence electrons. The van der Waals surface area contributed by atoms with Gasteiger partial charge >= 0.3 is 21.7 Å². The lowest BCUT2D eigenvalue weighted by atomic mass is 9.99. The number of alkyl halides is 3. The molecule has 1 amide bonds. The standard InChI is InChI=1S/C21H17F3N2O5S/c22-21(23,24)32(28,29)31-18-10-11-26(20(27)30-14-16-4-2-1-3-5-16)19(12-18)17-8-6-15(13-25)7-9-17/h1-9,12,19H,10-11,14H2. The van der Waals surface area contributed by atoms with E-state index < -0.39 is 33.5 Å². The molecule has 0 saturated heterocycles. The van der Waals surface area contributed by atoms with E-state index in [0.29, 0.717) is 11.1 Å². The summed E-state index contributed by atoms with van der Waals surface area (Å²) >= 11 is 0. The van der Waals surface area contributed by atoms with Crippen LogP contribution in [0, 0.1) is 11.3 Å². The van der Waals surface area contributed by atoms with E-state index in [-0.39, 0.29) is 19.6 Å². The summed E-state index contributed by atoms with van der Waals surface area (Å²) in [5, 5.41) is 8.96. The largest absolute Gasteiger partial charge is 0.534 e. The third kappa shape index (κ3) is 5.39. The molecule has 0 aliphatic carbocycles. The van der Waals surface area contributed by atoms with Gasteiger partial charge in [-0.2, -0.15) is 26.9 Å². The first-order valence-corrected chi connectivity index (χ1v) is 10.7. The van der Waals surface area contributed by atoms with Gasteiger partial charge in [-0.25, -0.2) is 4.79 Å². The van der Waals surface area contributed by atoms with Gasteiger partial charge in [0, 0.05) is 13.0 Å². The first kappa shape index (κ1) is 23.1. The van der Waals surface area contributed by atoms with Crippen LogP contribution < -0.4 is 0 Å². The van der Waals surface area contributed by atoms with Crippen molar-refractivity contribution in [2.45, 2.75) is 24.6 Å². The number of halogens is 3. The molecule has 0 saturated carbocycles. The van der Waals surface area contributed by atoms with Crippen LogP contribution in [0.15, 0.2) is 66.4 Å². The maximum Gasteiger partial charge on any atom is 0.534 e. The van der Waals surface area contributed by atoms with Gasteiger partial charge < -0.3 is 8.92 Å².